The molecule has 0 bridgehead atoms. The summed E-state index contributed by atoms with van der Waals surface area (Å²) < 4.78 is 44.7. The molecule has 11 heteroatoms. The van der Waals surface area contributed by atoms with Gasteiger partial charge in [0.2, 0.25) is 0 Å². The van der Waals surface area contributed by atoms with Crippen molar-refractivity contribution in [3.05, 3.63) is 36.3 Å². The molecular formula is C15H14F3N7O. The minimum absolute atomic E-state index is 0.0173. The van der Waals surface area contributed by atoms with Crippen molar-refractivity contribution < 1.29 is 17.9 Å². The van der Waals surface area contributed by atoms with Gasteiger partial charge < -0.3 is 15.0 Å². The SMILES string of the molecule is FC(F)(F)c1nnc2ccc(Nc3ccc(N4CCOCC4)nc3)nn12. The molecule has 136 valence electrons. The Bertz CT molecular complexity index is 904. The van der Waals surface area contributed by atoms with E-state index in [1.807, 2.05) is 6.07 Å². The van der Waals surface area contributed by atoms with Crippen LogP contribution in [0.4, 0.5) is 30.5 Å². The Balaban J connectivity index is 1.55. The molecule has 3 aromatic rings. The lowest BCUT2D eigenvalue weighted by Crippen LogP contribution is -2.36. The van der Waals surface area contributed by atoms with Crippen LogP contribution in [0, 0.1) is 0 Å². The van der Waals surface area contributed by atoms with E-state index >= 15 is 0 Å². The average Bonchev–Trinajstić information content (AvgIpc) is 3.07. The van der Waals surface area contributed by atoms with Crippen molar-refractivity contribution in [2.24, 2.45) is 0 Å². The van der Waals surface area contributed by atoms with Crippen molar-refractivity contribution in [3.63, 3.8) is 0 Å². The van der Waals surface area contributed by atoms with Gasteiger partial charge >= 0.3 is 6.18 Å². The second-order valence-corrected chi connectivity index (χ2v) is 5.64. The molecule has 0 saturated carbocycles. The number of nitrogens with one attached hydrogen (secondary N) is 1. The maximum Gasteiger partial charge on any atom is 0.453 e. The van der Waals surface area contributed by atoms with Gasteiger partial charge in [0.15, 0.2) is 11.5 Å². The molecule has 0 radical (unpaired) electrons. The van der Waals surface area contributed by atoms with Crippen molar-refractivity contribution >= 4 is 23.0 Å². The van der Waals surface area contributed by atoms with E-state index in [0.717, 1.165) is 18.9 Å². The van der Waals surface area contributed by atoms with Crippen LogP contribution in [0.2, 0.25) is 0 Å². The summed E-state index contributed by atoms with van der Waals surface area (Å²) in [6, 6.07) is 6.57. The van der Waals surface area contributed by atoms with Crippen molar-refractivity contribution in [1.29, 1.82) is 0 Å². The Hall–Kier alpha value is -2.95. The van der Waals surface area contributed by atoms with Gasteiger partial charge in [0.25, 0.3) is 5.82 Å². The number of morpholine rings is 1. The smallest absolute Gasteiger partial charge is 0.378 e. The predicted octanol–water partition coefficient (Wildman–Crippen LogP) is 2.12. The van der Waals surface area contributed by atoms with Crippen LogP contribution in [0.15, 0.2) is 30.5 Å². The van der Waals surface area contributed by atoms with Gasteiger partial charge in [0.1, 0.15) is 5.82 Å². The van der Waals surface area contributed by atoms with Crippen LogP contribution >= 0.6 is 0 Å². The van der Waals surface area contributed by atoms with E-state index in [0.29, 0.717) is 23.4 Å². The molecule has 4 heterocycles. The van der Waals surface area contributed by atoms with Gasteiger partial charge in [-0.3, -0.25) is 0 Å². The Labute approximate surface area is 145 Å². The minimum atomic E-state index is -4.63. The van der Waals surface area contributed by atoms with Gasteiger partial charge in [-0.15, -0.1) is 15.3 Å². The number of pyridine rings is 1. The van der Waals surface area contributed by atoms with Crippen LogP contribution in [0.3, 0.4) is 0 Å². The summed E-state index contributed by atoms with van der Waals surface area (Å²) in [5, 5.41) is 13.5. The van der Waals surface area contributed by atoms with Crippen LogP contribution in [-0.2, 0) is 10.9 Å². The maximum atomic E-state index is 12.9. The normalized spacial score (nSPS) is 15.4. The zero-order chi connectivity index (χ0) is 18.1. The Morgan fingerprint density at radius 3 is 2.54 bits per heavy atom. The third-order valence-corrected chi connectivity index (χ3v) is 3.87. The number of alkyl halides is 3. The predicted molar refractivity (Wildman–Crippen MR) is 86.3 cm³/mol. The van der Waals surface area contributed by atoms with Gasteiger partial charge in [-0.2, -0.15) is 17.7 Å². The fourth-order valence-electron chi connectivity index (χ4n) is 2.62. The first-order valence-corrected chi connectivity index (χ1v) is 7.86. The topological polar surface area (TPSA) is 80.5 Å². The molecule has 1 aliphatic rings. The minimum Gasteiger partial charge on any atom is -0.378 e. The van der Waals surface area contributed by atoms with Gasteiger partial charge in [0, 0.05) is 13.1 Å². The number of hydrogen-bond donors (Lipinski definition) is 1. The molecule has 0 aliphatic carbocycles. The highest BCUT2D eigenvalue weighted by molar-refractivity contribution is 5.58. The maximum absolute atomic E-state index is 12.9. The third kappa shape index (κ3) is 3.25. The molecular weight excluding hydrogens is 351 g/mol. The summed E-state index contributed by atoms with van der Waals surface area (Å²) in [5.41, 5.74) is 0.624. The second-order valence-electron chi connectivity index (χ2n) is 5.64. The molecule has 8 nitrogen and oxygen atoms in total. The monoisotopic (exact) mass is 365 g/mol. The lowest BCUT2D eigenvalue weighted by molar-refractivity contribution is -0.146. The lowest BCUT2D eigenvalue weighted by atomic mass is 10.3. The van der Waals surface area contributed by atoms with Crippen LogP contribution < -0.4 is 10.2 Å². The number of rotatable bonds is 3. The van der Waals surface area contributed by atoms with Crippen LogP contribution in [0.5, 0.6) is 0 Å². The summed E-state index contributed by atoms with van der Waals surface area (Å²) in [6.45, 7) is 2.86. The summed E-state index contributed by atoms with van der Waals surface area (Å²) in [5.74, 6) is -0.124. The van der Waals surface area contributed by atoms with E-state index in [4.69, 9.17) is 4.74 Å². The van der Waals surface area contributed by atoms with Gasteiger partial charge in [-0.1, -0.05) is 0 Å². The number of fused-ring (bicyclic) bond motifs is 1. The Morgan fingerprint density at radius 2 is 1.85 bits per heavy atom. The zero-order valence-corrected chi connectivity index (χ0v) is 13.4. The number of anilines is 3. The largest absolute Gasteiger partial charge is 0.453 e. The highest BCUT2D eigenvalue weighted by Crippen LogP contribution is 2.28. The number of hydrogen-bond acceptors (Lipinski definition) is 7. The summed E-state index contributed by atoms with van der Waals surface area (Å²) >= 11 is 0. The van der Waals surface area contributed by atoms with E-state index in [1.165, 1.54) is 12.1 Å². The molecule has 0 atom stereocenters. The van der Waals surface area contributed by atoms with Crippen LogP contribution in [0.1, 0.15) is 5.82 Å². The molecule has 26 heavy (non-hydrogen) atoms. The van der Waals surface area contributed by atoms with Crippen molar-refractivity contribution in [3.8, 4) is 0 Å². The third-order valence-electron chi connectivity index (χ3n) is 3.87. The zero-order valence-electron chi connectivity index (χ0n) is 13.4. The molecule has 0 amide bonds. The first-order valence-electron chi connectivity index (χ1n) is 7.86. The van der Waals surface area contributed by atoms with E-state index in [2.05, 4.69) is 30.5 Å². The first kappa shape index (κ1) is 16.5. The molecule has 1 fully saturated rings. The van der Waals surface area contributed by atoms with Gasteiger partial charge in [-0.25, -0.2) is 4.98 Å². The fourth-order valence-corrected chi connectivity index (χ4v) is 2.62. The van der Waals surface area contributed by atoms with E-state index < -0.39 is 12.0 Å². The van der Waals surface area contributed by atoms with Crippen molar-refractivity contribution in [2.75, 3.05) is 36.5 Å². The van der Waals surface area contributed by atoms with Crippen molar-refractivity contribution in [2.45, 2.75) is 6.18 Å². The highest BCUT2D eigenvalue weighted by atomic mass is 19.4. The Kier molecular flexibility index (Phi) is 4.07. The molecule has 1 N–H and O–H groups in total. The highest BCUT2D eigenvalue weighted by Gasteiger charge is 2.37. The van der Waals surface area contributed by atoms with E-state index in [1.54, 1.807) is 12.3 Å². The molecule has 0 aromatic carbocycles. The summed E-state index contributed by atoms with van der Waals surface area (Å²) in [7, 11) is 0. The summed E-state index contributed by atoms with van der Waals surface area (Å²) in [4.78, 5) is 6.48. The number of ether oxygens (including phenoxy) is 1. The standard InChI is InChI=1S/C15H14F3N7O/c16-15(17,18)14-22-21-13-4-2-11(23-25(13)14)20-10-1-3-12(19-9-10)24-5-7-26-8-6-24/h1-4,9H,5-8H2,(H,20,23). The second kappa shape index (κ2) is 6.41. The molecule has 0 spiro atoms. The number of nitrogens with zero attached hydrogens (tertiary/aromatic N) is 6. The van der Waals surface area contributed by atoms with Gasteiger partial charge in [-0.05, 0) is 24.3 Å². The molecule has 4 rings (SSSR count). The van der Waals surface area contributed by atoms with Gasteiger partial charge in [0.05, 0.1) is 25.1 Å². The molecule has 0 unspecified atom stereocenters. The number of aromatic nitrogens is 5. The Morgan fingerprint density at radius 1 is 1.04 bits per heavy atom. The molecule has 3 aromatic heterocycles. The van der Waals surface area contributed by atoms with Crippen LogP contribution in [0.25, 0.3) is 5.65 Å². The van der Waals surface area contributed by atoms with E-state index in [9.17, 15) is 13.2 Å². The quantitative estimate of drug-likeness (QED) is 0.761. The fraction of sp³-hybridized carbons (Fsp3) is 0.333. The summed E-state index contributed by atoms with van der Waals surface area (Å²) in [6.07, 6.45) is -3.03. The van der Waals surface area contributed by atoms with E-state index in [-0.39, 0.29) is 11.5 Å². The average molecular weight is 365 g/mol. The molecule has 1 aliphatic heterocycles. The number of halogens is 3. The first-order chi connectivity index (χ1) is 12.5. The van der Waals surface area contributed by atoms with Crippen LogP contribution in [-0.4, -0.2) is 51.1 Å². The lowest BCUT2D eigenvalue weighted by Gasteiger charge is -2.27. The molecule has 1 saturated heterocycles. The van der Waals surface area contributed by atoms with Crippen molar-refractivity contribution in [1.82, 2.24) is 24.8 Å².